The van der Waals surface area contributed by atoms with Gasteiger partial charge in [-0.1, -0.05) is 0 Å². The zero-order valence-corrected chi connectivity index (χ0v) is 11.9. The second kappa shape index (κ2) is 9.25. The van der Waals surface area contributed by atoms with Crippen molar-refractivity contribution in [3.63, 3.8) is 0 Å². The molecule has 0 saturated carbocycles. The SMILES string of the molecule is CNCCCC(=O)NCC(O)COc1ccc(F)c(F)c1. The number of amides is 1. The Bertz CT molecular complexity index is 458. The van der Waals surface area contributed by atoms with E-state index in [0.29, 0.717) is 12.8 Å². The molecule has 0 saturated heterocycles. The van der Waals surface area contributed by atoms with Crippen molar-refractivity contribution in [3.8, 4) is 5.75 Å². The number of rotatable bonds is 9. The van der Waals surface area contributed by atoms with E-state index in [-0.39, 0.29) is 24.8 Å². The number of aliphatic hydroxyl groups is 1. The van der Waals surface area contributed by atoms with Gasteiger partial charge in [-0.25, -0.2) is 8.78 Å². The van der Waals surface area contributed by atoms with E-state index >= 15 is 0 Å². The molecule has 0 bridgehead atoms. The quantitative estimate of drug-likeness (QED) is 0.591. The highest BCUT2D eigenvalue weighted by Gasteiger charge is 2.09. The van der Waals surface area contributed by atoms with Crippen LogP contribution in [0.15, 0.2) is 18.2 Å². The van der Waals surface area contributed by atoms with Gasteiger partial charge in [-0.3, -0.25) is 4.79 Å². The molecule has 0 aliphatic carbocycles. The maximum Gasteiger partial charge on any atom is 0.220 e. The first kappa shape index (κ1) is 17.3. The molecule has 118 valence electrons. The third kappa shape index (κ3) is 7.01. The summed E-state index contributed by atoms with van der Waals surface area (Å²) in [6.07, 6.45) is 0.160. The van der Waals surface area contributed by atoms with Crippen molar-refractivity contribution in [1.29, 1.82) is 0 Å². The first-order valence-corrected chi connectivity index (χ1v) is 6.70. The van der Waals surface area contributed by atoms with Crippen LogP contribution in [-0.4, -0.2) is 43.9 Å². The minimum atomic E-state index is -1.01. The maximum absolute atomic E-state index is 12.9. The lowest BCUT2D eigenvalue weighted by atomic mass is 10.3. The van der Waals surface area contributed by atoms with Gasteiger partial charge in [-0.2, -0.15) is 0 Å². The van der Waals surface area contributed by atoms with E-state index in [0.717, 1.165) is 18.7 Å². The van der Waals surface area contributed by atoms with E-state index < -0.39 is 17.7 Å². The van der Waals surface area contributed by atoms with Gasteiger partial charge in [0, 0.05) is 19.0 Å². The number of hydrogen-bond acceptors (Lipinski definition) is 4. The van der Waals surface area contributed by atoms with Crippen molar-refractivity contribution in [1.82, 2.24) is 10.6 Å². The Morgan fingerprint density at radius 2 is 2.14 bits per heavy atom. The van der Waals surface area contributed by atoms with Crippen molar-refractivity contribution in [3.05, 3.63) is 29.8 Å². The van der Waals surface area contributed by atoms with Crippen LogP contribution >= 0.6 is 0 Å². The molecule has 1 rings (SSSR count). The maximum atomic E-state index is 12.9. The van der Waals surface area contributed by atoms with E-state index in [2.05, 4.69) is 10.6 Å². The zero-order chi connectivity index (χ0) is 15.7. The van der Waals surface area contributed by atoms with Crippen LogP contribution in [0, 0.1) is 11.6 Å². The molecular weight excluding hydrogens is 282 g/mol. The molecule has 1 unspecified atom stereocenters. The number of aliphatic hydroxyl groups excluding tert-OH is 1. The van der Waals surface area contributed by atoms with Gasteiger partial charge in [0.15, 0.2) is 11.6 Å². The molecule has 0 aromatic heterocycles. The summed E-state index contributed by atoms with van der Waals surface area (Å²) in [5, 5.41) is 15.1. The number of ether oxygens (including phenoxy) is 1. The van der Waals surface area contributed by atoms with Gasteiger partial charge in [0.1, 0.15) is 18.5 Å². The Morgan fingerprint density at radius 1 is 1.38 bits per heavy atom. The average molecular weight is 302 g/mol. The normalized spacial score (nSPS) is 12.0. The molecule has 1 atom stereocenters. The molecule has 7 heteroatoms. The predicted molar refractivity (Wildman–Crippen MR) is 74.0 cm³/mol. The lowest BCUT2D eigenvalue weighted by molar-refractivity contribution is -0.121. The van der Waals surface area contributed by atoms with E-state index in [4.69, 9.17) is 4.74 Å². The Hall–Kier alpha value is -1.73. The number of carbonyl (C=O) groups is 1. The first-order valence-electron chi connectivity index (χ1n) is 6.70. The van der Waals surface area contributed by atoms with Crippen LogP contribution in [0.2, 0.25) is 0 Å². The summed E-state index contributed by atoms with van der Waals surface area (Å²) in [6, 6.07) is 3.11. The highest BCUT2D eigenvalue weighted by molar-refractivity contribution is 5.75. The van der Waals surface area contributed by atoms with Crippen molar-refractivity contribution in [2.75, 3.05) is 26.7 Å². The van der Waals surface area contributed by atoms with Crippen LogP contribution in [0.5, 0.6) is 5.75 Å². The molecule has 21 heavy (non-hydrogen) atoms. The van der Waals surface area contributed by atoms with Crippen LogP contribution in [0.4, 0.5) is 8.78 Å². The number of halogens is 2. The zero-order valence-electron chi connectivity index (χ0n) is 11.9. The molecule has 5 nitrogen and oxygen atoms in total. The summed E-state index contributed by atoms with van der Waals surface area (Å²) < 4.78 is 30.7. The van der Waals surface area contributed by atoms with Crippen molar-refractivity contribution >= 4 is 5.91 Å². The Balaban J connectivity index is 2.22. The summed E-state index contributed by atoms with van der Waals surface area (Å²) in [6.45, 7) is 0.666. The molecular formula is C14H20F2N2O3. The Labute approximate surface area is 122 Å². The van der Waals surface area contributed by atoms with E-state index in [1.54, 1.807) is 7.05 Å². The lowest BCUT2D eigenvalue weighted by Crippen LogP contribution is -2.35. The topological polar surface area (TPSA) is 70.6 Å². The molecule has 1 aromatic carbocycles. The van der Waals surface area contributed by atoms with Gasteiger partial charge in [-0.15, -0.1) is 0 Å². The lowest BCUT2D eigenvalue weighted by Gasteiger charge is -2.13. The number of benzene rings is 1. The summed E-state index contributed by atoms with van der Waals surface area (Å²) in [4.78, 5) is 11.4. The van der Waals surface area contributed by atoms with Crippen LogP contribution < -0.4 is 15.4 Å². The van der Waals surface area contributed by atoms with Gasteiger partial charge in [-0.05, 0) is 32.1 Å². The first-order chi connectivity index (χ1) is 10.0. The fraction of sp³-hybridized carbons (Fsp3) is 0.500. The molecule has 0 spiro atoms. The Morgan fingerprint density at radius 3 is 2.81 bits per heavy atom. The predicted octanol–water partition coefficient (Wildman–Crippen LogP) is 0.820. The van der Waals surface area contributed by atoms with E-state index in [9.17, 15) is 18.7 Å². The minimum Gasteiger partial charge on any atom is -0.491 e. The monoisotopic (exact) mass is 302 g/mol. The molecule has 0 heterocycles. The van der Waals surface area contributed by atoms with Gasteiger partial charge in [0.05, 0.1) is 0 Å². The highest BCUT2D eigenvalue weighted by Crippen LogP contribution is 2.15. The molecule has 0 radical (unpaired) electrons. The molecule has 0 aliphatic rings. The summed E-state index contributed by atoms with van der Waals surface area (Å²) in [5.74, 6) is -2.01. The van der Waals surface area contributed by atoms with Gasteiger partial charge in [0.25, 0.3) is 0 Å². The van der Waals surface area contributed by atoms with Crippen LogP contribution in [0.25, 0.3) is 0 Å². The van der Waals surface area contributed by atoms with Crippen molar-refractivity contribution in [2.45, 2.75) is 18.9 Å². The van der Waals surface area contributed by atoms with Gasteiger partial charge in [0.2, 0.25) is 5.91 Å². The second-order valence-corrected chi connectivity index (χ2v) is 4.55. The minimum absolute atomic E-state index is 0.0437. The molecule has 0 aliphatic heterocycles. The molecule has 1 amide bonds. The van der Waals surface area contributed by atoms with Crippen LogP contribution in [-0.2, 0) is 4.79 Å². The largest absolute Gasteiger partial charge is 0.491 e. The summed E-state index contributed by atoms with van der Waals surface area (Å²) >= 11 is 0. The van der Waals surface area contributed by atoms with Crippen LogP contribution in [0.3, 0.4) is 0 Å². The standard InChI is InChI=1S/C14H20F2N2O3/c1-17-6-2-3-14(20)18-8-10(19)9-21-11-4-5-12(15)13(16)7-11/h4-5,7,10,17,19H,2-3,6,8-9H2,1H3,(H,18,20). The smallest absolute Gasteiger partial charge is 0.220 e. The summed E-state index contributed by atoms with van der Waals surface area (Å²) in [5.41, 5.74) is 0. The molecule has 3 N–H and O–H groups in total. The van der Waals surface area contributed by atoms with Crippen molar-refractivity contribution < 1.29 is 23.4 Å². The number of carbonyl (C=O) groups excluding carboxylic acids is 1. The second-order valence-electron chi connectivity index (χ2n) is 4.55. The number of nitrogens with one attached hydrogen (secondary N) is 2. The third-order valence-electron chi connectivity index (χ3n) is 2.70. The van der Waals surface area contributed by atoms with Crippen molar-refractivity contribution in [2.24, 2.45) is 0 Å². The van der Waals surface area contributed by atoms with Gasteiger partial charge >= 0.3 is 0 Å². The van der Waals surface area contributed by atoms with Gasteiger partial charge < -0.3 is 20.5 Å². The average Bonchev–Trinajstić information content (AvgIpc) is 2.46. The van der Waals surface area contributed by atoms with E-state index in [1.807, 2.05) is 0 Å². The highest BCUT2D eigenvalue weighted by atomic mass is 19.2. The van der Waals surface area contributed by atoms with E-state index in [1.165, 1.54) is 6.07 Å². The molecule has 0 fully saturated rings. The van der Waals surface area contributed by atoms with Crippen LogP contribution in [0.1, 0.15) is 12.8 Å². The fourth-order valence-electron chi connectivity index (χ4n) is 1.56. The summed E-state index contributed by atoms with van der Waals surface area (Å²) in [7, 11) is 1.80. The third-order valence-corrected chi connectivity index (χ3v) is 2.70. The molecule has 1 aromatic rings. The number of hydrogen-bond donors (Lipinski definition) is 3. The Kier molecular flexibility index (Phi) is 7.63. The fourth-order valence-corrected chi connectivity index (χ4v) is 1.56.